The highest BCUT2D eigenvalue weighted by atomic mass is 32.2. The first kappa shape index (κ1) is 19.1. The Morgan fingerprint density at radius 1 is 1.29 bits per heavy atom. The zero-order valence-corrected chi connectivity index (χ0v) is 16.5. The number of fused-ring (bicyclic) bond motifs is 1. The van der Waals surface area contributed by atoms with Gasteiger partial charge in [-0.1, -0.05) is 23.9 Å². The van der Waals surface area contributed by atoms with Crippen molar-refractivity contribution in [3.8, 4) is 0 Å². The number of ether oxygens (including phenoxy) is 1. The lowest BCUT2D eigenvalue weighted by Crippen LogP contribution is -2.44. The Bertz CT molecular complexity index is 893. The van der Waals surface area contributed by atoms with Crippen LogP contribution in [0.15, 0.2) is 29.4 Å². The zero-order valence-electron chi connectivity index (χ0n) is 15.7. The summed E-state index contributed by atoms with van der Waals surface area (Å²) in [6, 6.07) is 6.02. The summed E-state index contributed by atoms with van der Waals surface area (Å²) in [6.45, 7) is 3.06. The maximum atomic E-state index is 13.5. The second-order valence-corrected chi connectivity index (χ2v) is 8.17. The number of benzene rings is 1. The number of methoxy groups -OCH3 is 1. The van der Waals surface area contributed by atoms with Crippen LogP contribution in [0.3, 0.4) is 0 Å². The molecular weight excluding hydrogens is 383 g/mol. The van der Waals surface area contributed by atoms with Crippen molar-refractivity contribution in [2.75, 3.05) is 20.2 Å². The number of carbonyl (C=O) groups excluding carboxylic acids is 2. The SMILES string of the molecule is COC(=O)C1CCN(C(c2ccc(F)cc2)C2Sc3nc(C)nn3C2=O)CC1. The second kappa shape index (κ2) is 7.63. The minimum atomic E-state index is -0.421. The van der Waals surface area contributed by atoms with Gasteiger partial charge in [0.25, 0.3) is 5.91 Å². The number of likely N-dealkylation sites (tertiary alicyclic amines) is 1. The molecular formula is C19H21FN4O3S. The molecule has 2 aliphatic heterocycles. The minimum absolute atomic E-state index is 0.120. The predicted molar refractivity (Wildman–Crippen MR) is 100 cm³/mol. The molecule has 3 heterocycles. The number of aryl methyl sites for hydroxylation is 1. The molecule has 2 unspecified atom stereocenters. The van der Waals surface area contributed by atoms with Gasteiger partial charge in [0, 0.05) is 0 Å². The summed E-state index contributed by atoms with van der Waals surface area (Å²) in [5.74, 6) is -0.190. The van der Waals surface area contributed by atoms with E-state index < -0.39 is 5.25 Å². The number of nitrogens with zero attached hydrogens (tertiary/aromatic N) is 4. The average Bonchev–Trinajstić information content (AvgIpc) is 3.21. The number of carbonyl (C=O) groups is 2. The maximum Gasteiger partial charge on any atom is 0.308 e. The van der Waals surface area contributed by atoms with Gasteiger partial charge in [-0.05, 0) is 50.6 Å². The number of aromatic nitrogens is 3. The van der Waals surface area contributed by atoms with Crippen LogP contribution in [-0.2, 0) is 9.53 Å². The molecule has 9 heteroatoms. The van der Waals surface area contributed by atoms with Gasteiger partial charge in [-0.3, -0.25) is 14.5 Å². The molecule has 148 valence electrons. The Labute approximate surface area is 166 Å². The molecule has 28 heavy (non-hydrogen) atoms. The van der Waals surface area contributed by atoms with Gasteiger partial charge in [0.05, 0.1) is 19.1 Å². The fourth-order valence-corrected chi connectivity index (χ4v) is 5.22. The number of esters is 1. The fraction of sp³-hybridized carbons (Fsp3) is 0.474. The van der Waals surface area contributed by atoms with E-state index in [1.54, 1.807) is 19.1 Å². The fourth-order valence-electron chi connectivity index (χ4n) is 3.92. The highest BCUT2D eigenvalue weighted by molar-refractivity contribution is 8.00. The topological polar surface area (TPSA) is 77.3 Å². The van der Waals surface area contributed by atoms with Crippen LogP contribution in [0.5, 0.6) is 0 Å². The molecule has 0 aliphatic carbocycles. The predicted octanol–water partition coefficient (Wildman–Crippen LogP) is 2.47. The maximum absolute atomic E-state index is 13.5. The van der Waals surface area contributed by atoms with E-state index in [2.05, 4.69) is 15.0 Å². The molecule has 2 aromatic rings. The number of hydrogen-bond acceptors (Lipinski definition) is 7. The van der Waals surface area contributed by atoms with Gasteiger partial charge in [0.2, 0.25) is 0 Å². The average molecular weight is 404 g/mol. The number of thioether (sulfide) groups is 1. The summed E-state index contributed by atoms with van der Waals surface area (Å²) in [6.07, 6.45) is 1.33. The van der Waals surface area contributed by atoms with Gasteiger partial charge in [0.15, 0.2) is 5.16 Å². The molecule has 7 nitrogen and oxygen atoms in total. The molecule has 0 N–H and O–H groups in total. The van der Waals surface area contributed by atoms with Crippen molar-refractivity contribution in [2.24, 2.45) is 5.92 Å². The molecule has 2 atom stereocenters. The molecule has 0 amide bonds. The zero-order chi connectivity index (χ0) is 19.8. The van der Waals surface area contributed by atoms with E-state index in [4.69, 9.17) is 4.74 Å². The van der Waals surface area contributed by atoms with Gasteiger partial charge < -0.3 is 4.74 Å². The molecule has 4 rings (SSSR count). The molecule has 1 aromatic heterocycles. The van der Waals surface area contributed by atoms with Gasteiger partial charge in [-0.15, -0.1) is 5.10 Å². The molecule has 1 saturated heterocycles. The van der Waals surface area contributed by atoms with Crippen molar-refractivity contribution in [1.82, 2.24) is 19.7 Å². The summed E-state index contributed by atoms with van der Waals surface area (Å²) in [4.78, 5) is 31.4. The minimum Gasteiger partial charge on any atom is -0.469 e. The van der Waals surface area contributed by atoms with Crippen molar-refractivity contribution in [2.45, 2.75) is 36.2 Å². The van der Waals surface area contributed by atoms with E-state index in [0.29, 0.717) is 36.9 Å². The van der Waals surface area contributed by atoms with Crippen molar-refractivity contribution in [1.29, 1.82) is 0 Å². The highest BCUT2D eigenvalue weighted by Crippen LogP contribution is 2.42. The van der Waals surface area contributed by atoms with E-state index in [-0.39, 0.29) is 29.7 Å². The Balaban J connectivity index is 1.61. The van der Waals surface area contributed by atoms with Crippen LogP contribution in [-0.4, -0.2) is 57.0 Å². The van der Waals surface area contributed by atoms with Gasteiger partial charge in [-0.25, -0.2) is 9.37 Å². The smallest absolute Gasteiger partial charge is 0.308 e. The summed E-state index contributed by atoms with van der Waals surface area (Å²) < 4.78 is 19.7. The van der Waals surface area contributed by atoms with Gasteiger partial charge >= 0.3 is 5.97 Å². The van der Waals surface area contributed by atoms with E-state index in [1.165, 1.54) is 35.7 Å². The van der Waals surface area contributed by atoms with Gasteiger partial charge in [0.1, 0.15) is 16.9 Å². The normalized spacial score (nSPS) is 21.5. The van der Waals surface area contributed by atoms with E-state index >= 15 is 0 Å². The number of rotatable bonds is 4. The monoisotopic (exact) mass is 404 g/mol. The number of piperidine rings is 1. The second-order valence-electron chi connectivity index (χ2n) is 7.06. The summed E-state index contributed by atoms with van der Waals surface area (Å²) in [7, 11) is 1.40. The third-order valence-corrected chi connectivity index (χ3v) is 6.51. The van der Waals surface area contributed by atoms with Crippen LogP contribution in [0, 0.1) is 18.7 Å². The Morgan fingerprint density at radius 2 is 1.96 bits per heavy atom. The van der Waals surface area contributed by atoms with Crippen molar-refractivity contribution >= 4 is 23.6 Å². The van der Waals surface area contributed by atoms with Crippen LogP contribution >= 0.6 is 11.8 Å². The lowest BCUT2D eigenvalue weighted by Gasteiger charge is -2.38. The standard InChI is InChI=1S/C19H21FN4O3S/c1-11-21-19-24(22-11)17(25)16(28-19)15(12-3-5-14(20)6-4-12)23-9-7-13(8-10-23)18(26)27-2/h3-6,13,15-16H,7-10H2,1-2H3. The molecule has 0 saturated carbocycles. The third-order valence-electron chi connectivity index (χ3n) is 5.32. The van der Waals surface area contributed by atoms with Crippen molar-refractivity contribution < 1.29 is 18.7 Å². The molecule has 1 aromatic carbocycles. The number of hydrogen-bond donors (Lipinski definition) is 0. The van der Waals surface area contributed by atoms with Crippen LogP contribution < -0.4 is 0 Å². The first-order chi connectivity index (χ1) is 13.5. The Morgan fingerprint density at radius 3 is 2.57 bits per heavy atom. The lowest BCUT2D eigenvalue weighted by molar-refractivity contribution is -0.147. The first-order valence-electron chi connectivity index (χ1n) is 9.20. The molecule has 2 aliphatic rings. The molecule has 0 spiro atoms. The molecule has 0 bridgehead atoms. The van der Waals surface area contributed by atoms with Crippen LogP contribution in [0.4, 0.5) is 4.39 Å². The quantitative estimate of drug-likeness (QED) is 0.725. The van der Waals surface area contributed by atoms with Crippen LogP contribution in [0.25, 0.3) is 0 Å². The Kier molecular flexibility index (Phi) is 5.20. The van der Waals surface area contributed by atoms with Crippen molar-refractivity contribution in [3.05, 3.63) is 41.5 Å². The van der Waals surface area contributed by atoms with Crippen molar-refractivity contribution in [3.63, 3.8) is 0 Å². The largest absolute Gasteiger partial charge is 0.469 e. The molecule has 1 fully saturated rings. The summed E-state index contributed by atoms with van der Waals surface area (Å²) in [5, 5.41) is 4.37. The first-order valence-corrected chi connectivity index (χ1v) is 10.1. The summed E-state index contributed by atoms with van der Waals surface area (Å²) >= 11 is 1.39. The summed E-state index contributed by atoms with van der Waals surface area (Å²) in [5.41, 5.74) is 0.867. The van der Waals surface area contributed by atoms with E-state index in [0.717, 1.165) is 5.56 Å². The van der Waals surface area contributed by atoms with Crippen LogP contribution in [0.2, 0.25) is 0 Å². The molecule has 0 radical (unpaired) electrons. The third kappa shape index (κ3) is 3.44. The Hall–Kier alpha value is -2.26. The van der Waals surface area contributed by atoms with E-state index in [1.807, 2.05) is 0 Å². The lowest BCUT2D eigenvalue weighted by atomic mass is 9.93. The van der Waals surface area contributed by atoms with Gasteiger partial charge in [-0.2, -0.15) is 4.68 Å². The van der Waals surface area contributed by atoms with Crippen LogP contribution in [0.1, 0.15) is 35.1 Å². The highest BCUT2D eigenvalue weighted by Gasteiger charge is 2.44. The number of halogens is 1. The van der Waals surface area contributed by atoms with E-state index in [9.17, 15) is 14.0 Å².